The molecule has 0 fully saturated rings. The molecule has 1 atom stereocenters. The van der Waals surface area contributed by atoms with Crippen molar-refractivity contribution in [1.29, 1.82) is 5.26 Å². The van der Waals surface area contributed by atoms with Crippen LogP contribution < -0.4 is 0 Å². The van der Waals surface area contributed by atoms with Gasteiger partial charge in [-0.3, -0.25) is 0 Å². The van der Waals surface area contributed by atoms with E-state index in [1.807, 2.05) is 6.92 Å². The molecule has 1 aromatic rings. The van der Waals surface area contributed by atoms with Gasteiger partial charge in [0.15, 0.2) is 0 Å². The standard InChI is InChI=1S/C13H17N/c1-4-9-13(3,10-14)12-7-5-11(2)6-8-12/h5-8H,4,9H2,1-3H3. The molecule has 0 aliphatic heterocycles. The summed E-state index contributed by atoms with van der Waals surface area (Å²) in [4.78, 5) is 0. The summed E-state index contributed by atoms with van der Waals surface area (Å²) < 4.78 is 0. The van der Waals surface area contributed by atoms with Crippen LogP contribution in [-0.4, -0.2) is 0 Å². The minimum atomic E-state index is -0.317. The Bertz CT molecular complexity index is 331. The van der Waals surface area contributed by atoms with Crippen LogP contribution in [-0.2, 0) is 5.41 Å². The average molecular weight is 187 g/mol. The summed E-state index contributed by atoms with van der Waals surface area (Å²) >= 11 is 0. The molecule has 0 saturated heterocycles. The summed E-state index contributed by atoms with van der Waals surface area (Å²) in [5.41, 5.74) is 2.06. The van der Waals surface area contributed by atoms with Crippen LogP contribution in [0.4, 0.5) is 0 Å². The predicted octanol–water partition coefficient (Wildman–Crippen LogP) is 3.58. The Kier molecular flexibility index (Phi) is 3.30. The Hall–Kier alpha value is -1.29. The van der Waals surface area contributed by atoms with E-state index in [-0.39, 0.29) is 5.41 Å². The number of rotatable bonds is 3. The van der Waals surface area contributed by atoms with Crippen LogP contribution >= 0.6 is 0 Å². The highest BCUT2D eigenvalue weighted by molar-refractivity contribution is 5.33. The van der Waals surface area contributed by atoms with Crippen molar-refractivity contribution in [2.24, 2.45) is 0 Å². The number of hydrogen-bond donors (Lipinski definition) is 0. The first kappa shape index (κ1) is 10.8. The average Bonchev–Trinajstić information content (AvgIpc) is 2.19. The van der Waals surface area contributed by atoms with Crippen LogP contribution in [0.25, 0.3) is 0 Å². The van der Waals surface area contributed by atoms with Gasteiger partial charge in [0, 0.05) is 0 Å². The second-order valence-corrected chi connectivity index (χ2v) is 4.06. The molecular weight excluding hydrogens is 170 g/mol. The molecule has 74 valence electrons. The van der Waals surface area contributed by atoms with Crippen molar-refractivity contribution in [3.8, 4) is 6.07 Å². The second-order valence-electron chi connectivity index (χ2n) is 4.06. The highest BCUT2D eigenvalue weighted by Gasteiger charge is 2.24. The van der Waals surface area contributed by atoms with Gasteiger partial charge in [0.05, 0.1) is 11.5 Å². The van der Waals surface area contributed by atoms with E-state index in [1.54, 1.807) is 0 Å². The van der Waals surface area contributed by atoms with E-state index in [0.717, 1.165) is 18.4 Å². The molecule has 0 spiro atoms. The summed E-state index contributed by atoms with van der Waals surface area (Å²) in [5, 5.41) is 9.19. The minimum absolute atomic E-state index is 0.317. The zero-order valence-electron chi connectivity index (χ0n) is 9.17. The summed E-state index contributed by atoms with van der Waals surface area (Å²) in [6, 6.07) is 10.7. The Balaban J connectivity index is 3.01. The fourth-order valence-electron chi connectivity index (χ4n) is 1.69. The lowest BCUT2D eigenvalue weighted by Gasteiger charge is -2.21. The molecule has 14 heavy (non-hydrogen) atoms. The molecule has 0 radical (unpaired) electrons. The van der Waals surface area contributed by atoms with E-state index >= 15 is 0 Å². The van der Waals surface area contributed by atoms with E-state index < -0.39 is 0 Å². The molecule has 0 aliphatic rings. The van der Waals surface area contributed by atoms with Gasteiger partial charge >= 0.3 is 0 Å². The van der Waals surface area contributed by atoms with Crippen LogP contribution in [0.5, 0.6) is 0 Å². The molecule has 0 aromatic heterocycles. The second kappa shape index (κ2) is 4.28. The molecule has 1 unspecified atom stereocenters. The molecule has 0 heterocycles. The molecule has 1 rings (SSSR count). The summed E-state index contributed by atoms with van der Waals surface area (Å²) in [7, 11) is 0. The third-order valence-corrected chi connectivity index (χ3v) is 2.69. The van der Waals surface area contributed by atoms with Gasteiger partial charge in [0.25, 0.3) is 0 Å². The largest absolute Gasteiger partial charge is 0.197 e. The lowest BCUT2D eigenvalue weighted by molar-refractivity contribution is 0.544. The first-order chi connectivity index (χ1) is 6.62. The van der Waals surface area contributed by atoms with Gasteiger partial charge in [-0.1, -0.05) is 43.2 Å². The molecule has 1 aromatic carbocycles. The minimum Gasteiger partial charge on any atom is -0.197 e. The number of hydrogen-bond acceptors (Lipinski definition) is 1. The Labute approximate surface area is 86.4 Å². The van der Waals surface area contributed by atoms with Gasteiger partial charge in [-0.15, -0.1) is 0 Å². The monoisotopic (exact) mass is 187 g/mol. The van der Waals surface area contributed by atoms with Crippen molar-refractivity contribution < 1.29 is 0 Å². The summed E-state index contributed by atoms with van der Waals surface area (Å²) in [5.74, 6) is 0. The lowest BCUT2D eigenvalue weighted by atomic mass is 9.80. The third kappa shape index (κ3) is 2.14. The van der Waals surface area contributed by atoms with E-state index in [1.165, 1.54) is 5.56 Å². The van der Waals surface area contributed by atoms with Gasteiger partial charge in [0.2, 0.25) is 0 Å². The van der Waals surface area contributed by atoms with E-state index in [2.05, 4.69) is 44.2 Å². The Morgan fingerprint density at radius 3 is 2.29 bits per heavy atom. The third-order valence-electron chi connectivity index (χ3n) is 2.69. The number of aryl methyl sites for hydroxylation is 1. The molecule has 0 saturated carbocycles. The maximum Gasteiger partial charge on any atom is 0.0794 e. The summed E-state index contributed by atoms with van der Waals surface area (Å²) in [6.07, 6.45) is 1.96. The number of benzene rings is 1. The smallest absolute Gasteiger partial charge is 0.0794 e. The van der Waals surface area contributed by atoms with Crippen molar-refractivity contribution in [3.63, 3.8) is 0 Å². The first-order valence-corrected chi connectivity index (χ1v) is 5.11. The number of nitriles is 1. The van der Waals surface area contributed by atoms with E-state index in [4.69, 9.17) is 0 Å². The van der Waals surface area contributed by atoms with E-state index in [0.29, 0.717) is 0 Å². The number of nitrogens with zero attached hydrogens (tertiary/aromatic N) is 1. The topological polar surface area (TPSA) is 23.8 Å². The zero-order chi connectivity index (χ0) is 10.6. The van der Waals surface area contributed by atoms with Crippen LogP contribution in [0.3, 0.4) is 0 Å². The van der Waals surface area contributed by atoms with Gasteiger partial charge in [-0.2, -0.15) is 5.26 Å². The highest BCUT2D eigenvalue weighted by Crippen LogP contribution is 2.28. The van der Waals surface area contributed by atoms with Gasteiger partial charge < -0.3 is 0 Å². The summed E-state index contributed by atoms with van der Waals surface area (Å²) in [6.45, 7) is 6.19. The molecule has 1 nitrogen and oxygen atoms in total. The van der Waals surface area contributed by atoms with Crippen LogP contribution in [0.15, 0.2) is 24.3 Å². The SMILES string of the molecule is CCCC(C)(C#N)c1ccc(C)cc1. The normalized spacial score (nSPS) is 14.4. The van der Waals surface area contributed by atoms with Crippen LogP contribution in [0, 0.1) is 18.3 Å². The molecule has 0 amide bonds. The van der Waals surface area contributed by atoms with Crippen molar-refractivity contribution in [1.82, 2.24) is 0 Å². The van der Waals surface area contributed by atoms with Crippen molar-refractivity contribution in [2.75, 3.05) is 0 Å². The fourth-order valence-corrected chi connectivity index (χ4v) is 1.69. The van der Waals surface area contributed by atoms with Crippen molar-refractivity contribution >= 4 is 0 Å². The molecular formula is C13H17N. The van der Waals surface area contributed by atoms with Crippen LogP contribution in [0.1, 0.15) is 37.8 Å². The maximum atomic E-state index is 9.19. The maximum absolute atomic E-state index is 9.19. The van der Waals surface area contributed by atoms with Crippen molar-refractivity contribution in [3.05, 3.63) is 35.4 Å². The fraction of sp³-hybridized carbons (Fsp3) is 0.462. The zero-order valence-corrected chi connectivity index (χ0v) is 9.17. The van der Waals surface area contributed by atoms with Gasteiger partial charge in [-0.05, 0) is 25.8 Å². The molecule has 0 N–H and O–H groups in total. The predicted molar refractivity (Wildman–Crippen MR) is 59.1 cm³/mol. The highest BCUT2D eigenvalue weighted by atomic mass is 14.4. The lowest BCUT2D eigenvalue weighted by Crippen LogP contribution is -2.18. The quantitative estimate of drug-likeness (QED) is 0.709. The van der Waals surface area contributed by atoms with Crippen LogP contribution in [0.2, 0.25) is 0 Å². The van der Waals surface area contributed by atoms with Crippen molar-refractivity contribution in [2.45, 2.75) is 39.0 Å². The Morgan fingerprint density at radius 2 is 1.86 bits per heavy atom. The molecule has 0 aliphatic carbocycles. The van der Waals surface area contributed by atoms with E-state index in [9.17, 15) is 5.26 Å². The Morgan fingerprint density at radius 1 is 1.29 bits per heavy atom. The van der Waals surface area contributed by atoms with Gasteiger partial charge in [0.1, 0.15) is 0 Å². The van der Waals surface area contributed by atoms with Gasteiger partial charge in [-0.25, -0.2) is 0 Å². The molecule has 1 heteroatoms. The first-order valence-electron chi connectivity index (χ1n) is 5.11. The molecule has 0 bridgehead atoms.